The molecule has 0 spiro atoms. The molecular weight excluding hydrogens is 258 g/mol. The molecule has 0 bridgehead atoms. The monoisotopic (exact) mass is 277 g/mol. The Labute approximate surface area is 120 Å². The van der Waals surface area contributed by atoms with Gasteiger partial charge in [-0.1, -0.05) is 30.3 Å². The molecule has 0 aromatic heterocycles. The number of ether oxygens (including phenoxy) is 1. The normalized spacial score (nSPS) is 18.3. The van der Waals surface area contributed by atoms with Gasteiger partial charge in [0.15, 0.2) is 0 Å². The van der Waals surface area contributed by atoms with Gasteiger partial charge in [-0.3, -0.25) is 0 Å². The van der Waals surface area contributed by atoms with Crippen LogP contribution in [0.3, 0.4) is 0 Å². The number of halogens is 1. The fourth-order valence-electron chi connectivity index (χ4n) is 2.85. The van der Waals surface area contributed by atoms with Crippen LogP contribution >= 0.6 is 12.4 Å². The second kappa shape index (κ2) is 6.27. The van der Waals surface area contributed by atoms with Crippen LogP contribution in [0, 0.1) is 0 Å². The minimum atomic E-state index is 0. The predicted octanol–water partition coefficient (Wildman–Crippen LogP) is 4.08. The van der Waals surface area contributed by atoms with Crippen molar-refractivity contribution in [3.05, 3.63) is 42.0 Å². The Morgan fingerprint density at radius 2 is 2.05 bits per heavy atom. The molecule has 0 amide bonds. The van der Waals surface area contributed by atoms with Gasteiger partial charge >= 0.3 is 0 Å². The van der Waals surface area contributed by atoms with Crippen molar-refractivity contribution in [3.63, 3.8) is 0 Å². The first-order chi connectivity index (χ1) is 8.90. The second-order valence-corrected chi connectivity index (χ2v) is 4.78. The van der Waals surface area contributed by atoms with Gasteiger partial charge < -0.3 is 10.1 Å². The van der Waals surface area contributed by atoms with Crippen LogP contribution in [0.2, 0.25) is 0 Å². The summed E-state index contributed by atoms with van der Waals surface area (Å²) < 4.78 is 5.82. The van der Waals surface area contributed by atoms with E-state index in [9.17, 15) is 0 Å². The summed E-state index contributed by atoms with van der Waals surface area (Å²) >= 11 is 0. The largest absolute Gasteiger partial charge is 0.494 e. The number of benzene rings is 2. The van der Waals surface area contributed by atoms with E-state index >= 15 is 0 Å². The topological polar surface area (TPSA) is 21.3 Å². The fourth-order valence-corrected chi connectivity index (χ4v) is 2.85. The van der Waals surface area contributed by atoms with Crippen LogP contribution in [-0.2, 0) is 0 Å². The highest BCUT2D eigenvalue weighted by molar-refractivity contribution is 5.88. The van der Waals surface area contributed by atoms with Gasteiger partial charge in [0.1, 0.15) is 5.75 Å². The van der Waals surface area contributed by atoms with Crippen molar-refractivity contribution in [2.45, 2.75) is 25.8 Å². The van der Waals surface area contributed by atoms with Gasteiger partial charge in [0.25, 0.3) is 0 Å². The molecule has 102 valence electrons. The summed E-state index contributed by atoms with van der Waals surface area (Å²) in [6, 6.07) is 13.3. The molecule has 1 atom stereocenters. The number of nitrogens with one attached hydrogen (secondary N) is 1. The number of fused-ring (bicyclic) bond motifs is 1. The summed E-state index contributed by atoms with van der Waals surface area (Å²) in [6.45, 7) is 3.87. The third-order valence-corrected chi connectivity index (χ3v) is 3.64. The van der Waals surface area contributed by atoms with Crippen LogP contribution in [0.4, 0.5) is 0 Å². The van der Waals surface area contributed by atoms with Gasteiger partial charge in [-0.2, -0.15) is 0 Å². The molecular formula is C16H20ClNO. The average Bonchev–Trinajstić information content (AvgIpc) is 2.92. The molecule has 2 aromatic carbocycles. The smallest absolute Gasteiger partial charge is 0.124 e. The van der Waals surface area contributed by atoms with Crippen LogP contribution in [0.25, 0.3) is 10.8 Å². The van der Waals surface area contributed by atoms with Crippen molar-refractivity contribution in [2.75, 3.05) is 13.2 Å². The van der Waals surface area contributed by atoms with E-state index in [1.807, 2.05) is 6.92 Å². The Balaban J connectivity index is 0.00000133. The Bertz CT molecular complexity index is 549. The molecule has 0 saturated carbocycles. The zero-order valence-electron chi connectivity index (χ0n) is 11.2. The molecule has 1 aliphatic heterocycles. The van der Waals surface area contributed by atoms with Crippen molar-refractivity contribution in [2.24, 2.45) is 0 Å². The zero-order valence-corrected chi connectivity index (χ0v) is 12.0. The lowest BCUT2D eigenvalue weighted by Gasteiger charge is -2.18. The molecule has 19 heavy (non-hydrogen) atoms. The third kappa shape index (κ3) is 2.70. The minimum absolute atomic E-state index is 0. The van der Waals surface area contributed by atoms with E-state index in [4.69, 9.17) is 4.74 Å². The summed E-state index contributed by atoms with van der Waals surface area (Å²) in [5.74, 6) is 1.04. The SMILES string of the molecule is CCOc1ccc2ccccc2c1[C@H]1CCCN1.Cl. The fraction of sp³-hybridized carbons (Fsp3) is 0.375. The second-order valence-electron chi connectivity index (χ2n) is 4.78. The average molecular weight is 278 g/mol. The lowest BCUT2D eigenvalue weighted by atomic mass is 9.96. The van der Waals surface area contributed by atoms with Crippen LogP contribution in [0.15, 0.2) is 36.4 Å². The van der Waals surface area contributed by atoms with Crippen molar-refractivity contribution < 1.29 is 4.74 Å². The molecule has 3 rings (SSSR count). The summed E-state index contributed by atoms with van der Waals surface area (Å²) in [5, 5.41) is 6.20. The molecule has 1 aliphatic rings. The standard InChI is InChI=1S/C16H19NO.ClH/c1-2-18-15-10-9-12-6-3-4-7-13(12)16(15)14-8-5-11-17-14;/h3-4,6-7,9-10,14,17H,2,5,8,11H2,1H3;1H/t14-;/m1./s1. The van der Waals surface area contributed by atoms with Gasteiger partial charge in [-0.15, -0.1) is 12.4 Å². The molecule has 1 fully saturated rings. The van der Waals surface area contributed by atoms with Gasteiger partial charge in [-0.25, -0.2) is 0 Å². The van der Waals surface area contributed by atoms with E-state index in [1.165, 1.54) is 29.2 Å². The van der Waals surface area contributed by atoms with Crippen LogP contribution in [-0.4, -0.2) is 13.2 Å². The highest BCUT2D eigenvalue weighted by Crippen LogP contribution is 2.36. The van der Waals surface area contributed by atoms with Crippen molar-refractivity contribution in [3.8, 4) is 5.75 Å². The van der Waals surface area contributed by atoms with E-state index < -0.39 is 0 Å². The first-order valence-corrected chi connectivity index (χ1v) is 6.78. The molecule has 0 unspecified atom stereocenters. The van der Waals surface area contributed by atoms with Crippen molar-refractivity contribution in [1.29, 1.82) is 0 Å². The molecule has 0 aliphatic carbocycles. The predicted molar refractivity (Wildman–Crippen MR) is 82.3 cm³/mol. The maximum atomic E-state index is 5.82. The molecule has 0 radical (unpaired) electrons. The van der Waals surface area contributed by atoms with Crippen LogP contribution in [0.1, 0.15) is 31.4 Å². The van der Waals surface area contributed by atoms with Crippen molar-refractivity contribution >= 4 is 23.2 Å². The van der Waals surface area contributed by atoms with E-state index in [0.717, 1.165) is 18.9 Å². The Hall–Kier alpha value is -1.25. The number of rotatable bonds is 3. The quantitative estimate of drug-likeness (QED) is 0.913. The first kappa shape index (κ1) is 14.2. The highest BCUT2D eigenvalue weighted by atomic mass is 35.5. The summed E-state index contributed by atoms with van der Waals surface area (Å²) in [5.41, 5.74) is 1.34. The Morgan fingerprint density at radius 3 is 2.79 bits per heavy atom. The van der Waals surface area contributed by atoms with E-state index in [0.29, 0.717) is 6.04 Å². The van der Waals surface area contributed by atoms with Crippen LogP contribution < -0.4 is 10.1 Å². The summed E-state index contributed by atoms with van der Waals surface area (Å²) in [6.07, 6.45) is 2.45. The van der Waals surface area contributed by atoms with Crippen LogP contribution in [0.5, 0.6) is 5.75 Å². The van der Waals surface area contributed by atoms with E-state index in [-0.39, 0.29) is 12.4 Å². The lowest BCUT2D eigenvalue weighted by Crippen LogP contribution is -2.14. The molecule has 2 nitrogen and oxygen atoms in total. The van der Waals surface area contributed by atoms with Crippen molar-refractivity contribution in [1.82, 2.24) is 5.32 Å². The number of hydrogen-bond donors (Lipinski definition) is 1. The molecule has 3 heteroatoms. The van der Waals surface area contributed by atoms with Gasteiger partial charge in [0.2, 0.25) is 0 Å². The molecule has 1 saturated heterocycles. The molecule has 1 heterocycles. The maximum Gasteiger partial charge on any atom is 0.124 e. The summed E-state index contributed by atoms with van der Waals surface area (Å²) in [7, 11) is 0. The number of hydrogen-bond acceptors (Lipinski definition) is 2. The van der Waals surface area contributed by atoms with Gasteiger partial charge in [0.05, 0.1) is 6.61 Å². The highest BCUT2D eigenvalue weighted by Gasteiger charge is 2.22. The van der Waals surface area contributed by atoms with Gasteiger partial charge in [0, 0.05) is 11.6 Å². The zero-order chi connectivity index (χ0) is 12.4. The van der Waals surface area contributed by atoms with Gasteiger partial charge in [-0.05, 0) is 43.1 Å². The van der Waals surface area contributed by atoms with E-state index in [2.05, 4.69) is 41.7 Å². The Morgan fingerprint density at radius 1 is 1.21 bits per heavy atom. The maximum absolute atomic E-state index is 5.82. The Kier molecular flexibility index (Phi) is 4.67. The third-order valence-electron chi connectivity index (χ3n) is 3.64. The minimum Gasteiger partial charge on any atom is -0.494 e. The van der Waals surface area contributed by atoms with E-state index in [1.54, 1.807) is 0 Å². The molecule has 1 N–H and O–H groups in total. The lowest BCUT2D eigenvalue weighted by molar-refractivity contribution is 0.334. The first-order valence-electron chi connectivity index (χ1n) is 6.78. The molecule has 2 aromatic rings. The summed E-state index contributed by atoms with van der Waals surface area (Å²) in [4.78, 5) is 0.